The minimum atomic E-state index is 1.15. The van der Waals surface area contributed by atoms with Crippen molar-refractivity contribution in [3.05, 3.63) is 65.0 Å². The Morgan fingerprint density at radius 2 is 1.88 bits per heavy atom. The number of allylic oxidation sites excluding steroid dienone is 1. The van der Waals surface area contributed by atoms with Gasteiger partial charge in [-0.05, 0) is 54.2 Å². The summed E-state index contributed by atoms with van der Waals surface area (Å²) >= 11 is 0. The van der Waals surface area contributed by atoms with Crippen molar-refractivity contribution in [2.75, 3.05) is 0 Å². The van der Waals surface area contributed by atoms with E-state index in [0.29, 0.717) is 0 Å². The molecule has 1 aromatic heterocycles. The van der Waals surface area contributed by atoms with Crippen molar-refractivity contribution in [1.29, 1.82) is 0 Å². The molecule has 0 N–H and O–H groups in total. The summed E-state index contributed by atoms with van der Waals surface area (Å²) in [4.78, 5) is 4.05. The standard InChI is InChI=1S/C16H15N/c1-12-2-3-14-4-5-15(16(14)10-12)11-13-6-8-17-9-7-13/h2-3,6-11H,4-5H2,1H3. The van der Waals surface area contributed by atoms with Crippen LogP contribution in [0.2, 0.25) is 0 Å². The Bertz CT molecular complexity index is 567. The fourth-order valence-electron chi connectivity index (χ4n) is 2.42. The summed E-state index contributed by atoms with van der Waals surface area (Å²) < 4.78 is 0. The number of benzene rings is 1. The molecule has 0 bridgehead atoms. The average Bonchev–Trinajstić information content (AvgIpc) is 2.73. The van der Waals surface area contributed by atoms with E-state index >= 15 is 0 Å². The highest BCUT2D eigenvalue weighted by atomic mass is 14.6. The predicted octanol–water partition coefficient (Wildman–Crippen LogP) is 3.88. The van der Waals surface area contributed by atoms with E-state index in [2.05, 4.69) is 48.3 Å². The number of nitrogens with zero attached hydrogens (tertiary/aromatic N) is 1. The number of fused-ring (bicyclic) bond motifs is 1. The molecule has 0 unspecified atom stereocenters. The third-order valence-corrected chi connectivity index (χ3v) is 3.32. The maximum atomic E-state index is 4.05. The zero-order chi connectivity index (χ0) is 11.7. The van der Waals surface area contributed by atoms with Crippen molar-refractivity contribution in [2.45, 2.75) is 19.8 Å². The molecule has 1 aliphatic rings. The fraction of sp³-hybridized carbons (Fsp3) is 0.188. The number of aromatic nitrogens is 1. The Hall–Kier alpha value is -1.89. The van der Waals surface area contributed by atoms with Crippen molar-refractivity contribution < 1.29 is 0 Å². The molecular formula is C16H15N. The van der Waals surface area contributed by atoms with E-state index in [1.807, 2.05) is 12.4 Å². The molecule has 84 valence electrons. The second kappa shape index (κ2) is 4.17. The lowest BCUT2D eigenvalue weighted by atomic mass is 10.0. The molecule has 17 heavy (non-hydrogen) atoms. The van der Waals surface area contributed by atoms with Gasteiger partial charge in [0.25, 0.3) is 0 Å². The second-order valence-corrected chi connectivity index (χ2v) is 4.61. The molecule has 0 fully saturated rings. The van der Waals surface area contributed by atoms with E-state index in [1.165, 1.54) is 34.2 Å². The summed E-state index contributed by atoms with van der Waals surface area (Å²) in [5.41, 5.74) is 6.95. The first kappa shape index (κ1) is 10.3. The summed E-state index contributed by atoms with van der Waals surface area (Å²) in [7, 11) is 0. The van der Waals surface area contributed by atoms with Crippen LogP contribution in [-0.4, -0.2) is 4.98 Å². The normalized spacial score (nSPS) is 16.2. The van der Waals surface area contributed by atoms with Gasteiger partial charge in [0, 0.05) is 12.4 Å². The molecule has 1 heterocycles. The van der Waals surface area contributed by atoms with Gasteiger partial charge in [-0.3, -0.25) is 4.98 Å². The van der Waals surface area contributed by atoms with E-state index in [4.69, 9.17) is 0 Å². The molecule has 1 heteroatoms. The predicted molar refractivity (Wildman–Crippen MR) is 71.6 cm³/mol. The summed E-state index contributed by atoms with van der Waals surface area (Å²) in [5, 5.41) is 0. The Kier molecular flexibility index (Phi) is 2.52. The quantitative estimate of drug-likeness (QED) is 0.712. The van der Waals surface area contributed by atoms with Crippen LogP contribution in [0.15, 0.2) is 42.7 Å². The number of rotatable bonds is 1. The highest BCUT2D eigenvalue weighted by Gasteiger charge is 2.15. The lowest BCUT2D eigenvalue weighted by molar-refractivity contribution is 1.08. The number of aryl methyl sites for hydroxylation is 2. The van der Waals surface area contributed by atoms with Gasteiger partial charge in [0.15, 0.2) is 0 Å². The third kappa shape index (κ3) is 2.01. The highest BCUT2D eigenvalue weighted by molar-refractivity contribution is 5.85. The van der Waals surface area contributed by atoms with Crippen molar-refractivity contribution in [3.63, 3.8) is 0 Å². The number of hydrogen-bond acceptors (Lipinski definition) is 1. The van der Waals surface area contributed by atoms with Crippen LogP contribution in [0.25, 0.3) is 11.6 Å². The van der Waals surface area contributed by atoms with Crippen LogP contribution in [0, 0.1) is 6.92 Å². The van der Waals surface area contributed by atoms with Crippen molar-refractivity contribution in [1.82, 2.24) is 4.98 Å². The lowest BCUT2D eigenvalue weighted by Gasteiger charge is -2.03. The molecule has 0 atom stereocenters. The largest absolute Gasteiger partial charge is 0.265 e. The Balaban J connectivity index is 2.04. The lowest BCUT2D eigenvalue weighted by Crippen LogP contribution is -1.83. The van der Waals surface area contributed by atoms with E-state index in [1.54, 1.807) is 0 Å². The van der Waals surface area contributed by atoms with E-state index < -0.39 is 0 Å². The van der Waals surface area contributed by atoms with Crippen molar-refractivity contribution in [2.24, 2.45) is 0 Å². The van der Waals surface area contributed by atoms with Crippen LogP contribution in [0.3, 0.4) is 0 Å². The smallest absolute Gasteiger partial charge is 0.0273 e. The Labute approximate surface area is 102 Å². The summed E-state index contributed by atoms with van der Waals surface area (Å²) in [6.07, 6.45) is 8.30. The molecule has 0 spiro atoms. The van der Waals surface area contributed by atoms with Crippen LogP contribution >= 0.6 is 0 Å². The summed E-state index contributed by atoms with van der Waals surface area (Å²) in [6, 6.07) is 10.9. The van der Waals surface area contributed by atoms with Crippen LogP contribution in [0.4, 0.5) is 0 Å². The van der Waals surface area contributed by atoms with Crippen molar-refractivity contribution >= 4 is 11.6 Å². The van der Waals surface area contributed by atoms with Gasteiger partial charge in [0.1, 0.15) is 0 Å². The number of hydrogen-bond donors (Lipinski definition) is 0. The molecule has 3 rings (SSSR count). The molecule has 0 radical (unpaired) electrons. The minimum Gasteiger partial charge on any atom is -0.265 e. The van der Waals surface area contributed by atoms with Gasteiger partial charge in [-0.2, -0.15) is 0 Å². The molecule has 1 aromatic carbocycles. The first-order chi connectivity index (χ1) is 8.33. The van der Waals surface area contributed by atoms with Gasteiger partial charge >= 0.3 is 0 Å². The van der Waals surface area contributed by atoms with E-state index in [0.717, 1.165) is 6.42 Å². The maximum Gasteiger partial charge on any atom is 0.0273 e. The Morgan fingerprint density at radius 1 is 1.06 bits per heavy atom. The molecule has 1 aliphatic carbocycles. The maximum absolute atomic E-state index is 4.05. The first-order valence-corrected chi connectivity index (χ1v) is 6.03. The summed E-state index contributed by atoms with van der Waals surface area (Å²) in [5.74, 6) is 0. The highest BCUT2D eigenvalue weighted by Crippen LogP contribution is 2.34. The van der Waals surface area contributed by atoms with Gasteiger partial charge < -0.3 is 0 Å². The van der Waals surface area contributed by atoms with Crippen LogP contribution < -0.4 is 0 Å². The second-order valence-electron chi connectivity index (χ2n) is 4.61. The minimum absolute atomic E-state index is 1.15. The van der Waals surface area contributed by atoms with E-state index in [9.17, 15) is 0 Å². The summed E-state index contributed by atoms with van der Waals surface area (Å²) in [6.45, 7) is 2.16. The van der Waals surface area contributed by atoms with Crippen LogP contribution in [0.1, 0.15) is 28.7 Å². The fourth-order valence-corrected chi connectivity index (χ4v) is 2.42. The van der Waals surface area contributed by atoms with Gasteiger partial charge in [-0.1, -0.05) is 29.8 Å². The van der Waals surface area contributed by atoms with Crippen LogP contribution in [0.5, 0.6) is 0 Å². The molecule has 0 amide bonds. The zero-order valence-electron chi connectivity index (χ0n) is 9.98. The molecule has 2 aromatic rings. The third-order valence-electron chi connectivity index (χ3n) is 3.32. The molecular weight excluding hydrogens is 206 g/mol. The van der Waals surface area contributed by atoms with E-state index in [-0.39, 0.29) is 0 Å². The van der Waals surface area contributed by atoms with Gasteiger partial charge in [0.2, 0.25) is 0 Å². The first-order valence-electron chi connectivity index (χ1n) is 6.03. The topological polar surface area (TPSA) is 12.9 Å². The Morgan fingerprint density at radius 3 is 2.71 bits per heavy atom. The monoisotopic (exact) mass is 221 g/mol. The number of pyridine rings is 1. The average molecular weight is 221 g/mol. The van der Waals surface area contributed by atoms with Gasteiger partial charge in [-0.25, -0.2) is 0 Å². The molecule has 1 nitrogen and oxygen atoms in total. The molecule has 0 saturated heterocycles. The van der Waals surface area contributed by atoms with Crippen LogP contribution in [-0.2, 0) is 6.42 Å². The van der Waals surface area contributed by atoms with Gasteiger partial charge in [-0.15, -0.1) is 0 Å². The molecule has 0 aliphatic heterocycles. The van der Waals surface area contributed by atoms with Gasteiger partial charge in [0.05, 0.1) is 0 Å². The SMILES string of the molecule is Cc1ccc2c(c1)C(=Cc1ccncc1)CC2. The zero-order valence-corrected chi connectivity index (χ0v) is 9.98. The molecule has 0 saturated carbocycles. The van der Waals surface area contributed by atoms with Crippen molar-refractivity contribution in [3.8, 4) is 0 Å².